The molecule has 7 nitrogen and oxygen atoms in total. The number of hydrogen-bond acceptors (Lipinski definition) is 4. The third-order valence-electron chi connectivity index (χ3n) is 5.48. The van der Waals surface area contributed by atoms with Gasteiger partial charge >= 0.3 is 0 Å². The summed E-state index contributed by atoms with van der Waals surface area (Å²) in [4.78, 5) is 32.6. The number of carbonyl (C=O) groups is 1. The summed E-state index contributed by atoms with van der Waals surface area (Å²) >= 11 is 0. The number of amides is 1. The second kappa shape index (κ2) is 7.60. The van der Waals surface area contributed by atoms with Gasteiger partial charge in [-0.25, -0.2) is 9.67 Å². The van der Waals surface area contributed by atoms with Gasteiger partial charge < -0.3 is 4.74 Å². The summed E-state index contributed by atoms with van der Waals surface area (Å²) < 4.78 is 6.73. The van der Waals surface area contributed by atoms with Crippen molar-refractivity contribution in [3.8, 4) is 22.7 Å². The molecular weight excluding hydrogens is 392 g/mol. The van der Waals surface area contributed by atoms with Crippen LogP contribution < -0.4 is 15.2 Å². The molecule has 7 heteroatoms. The SMILES string of the molecule is COc1ccc(C(=O)N2CCc3c([nH]n(-c4ccccc4)c3=O)-c3cccnc32)cc1. The largest absolute Gasteiger partial charge is 0.497 e. The molecule has 1 aliphatic rings. The zero-order valence-electron chi connectivity index (χ0n) is 16.9. The molecule has 2 aromatic heterocycles. The first-order valence-corrected chi connectivity index (χ1v) is 9.98. The van der Waals surface area contributed by atoms with Crippen LogP contribution in [-0.4, -0.2) is 34.3 Å². The molecule has 1 N–H and O–H groups in total. The van der Waals surface area contributed by atoms with Crippen molar-refractivity contribution in [2.75, 3.05) is 18.6 Å². The lowest BCUT2D eigenvalue weighted by Gasteiger charge is -2.22. The fourth-order valence-corrected chi connectivity index (χ4v) is 3.91. The van der Waals surface area contributed by atoms with E-state index in [4.69, 9.17) is 4.74 Å². The smallest absolute Gasteiger partial charge is 0.275 e. The Labute approximate surface area is 178 Å². The van der Waals surface area contributed by atoms with Crippen molar-refractivity contribution in [2.45, 2.75) is 6.42 Å². The number of rotatable bonds is 3. The van der Waals surface area contributed by atoms with Gasteiger partial charge in [-0.2, -0.15) is 0 Å². The predicted octanol–water partition coefficient (Wildman–Crippen LogP) is 3.44. The zero-order valence-corrected chi connectivity index (χ0v) is 16.9. The van der Waals surface area contributed by atoms with E-state index < -0.39 is 0 Å². The van der Waals surface area contributed by atoms with E-state index in [1.165, 1.54) is 0 Å². The number of ether oxygens (including phenoxy) is 1. The van der Waals surface area contributed by atoms with Crippen LogP contribution in [0.3, 0.4) is 0 Å². The van der Waals surface area contributed by atoms with Gasteiger partial charge in [0.1, 0.15) is 11.6 Å². The minimum Gasteiger partial charge on any atom is -0.497 e. The van der Waals surface area contributed by atoms with Crippen LogP contribution in [0.1, 0.15) is 15.9 Å². The summed E-state index contributed by atoms with van der Waals surface area (Å²) in [6.45, 7) is 0.351. The summed E-state index contributed by atoms with van der Waals surface area (Å²) in [7, 11) is 1.59. The molecule has 0 fully saturated rings. The Morgan fingerprint density at radius 1 is 1.03 bits per heavy atom. The number of aromatic amines is 1. The molecule has 0 unspecified atom stereocenters. The molecule has 5 rings (SSSR count). The van der Waals surface area contributed by atoms with E-state index in [1.807, 2.05) is 42.5 Å². The number of para-hydroxylation sites is 1. The monoisotopic (exact) mass is 412 g/mol. The number of methoxy groups -OCH3 is 1. The number of fused-ring (bicyclic) bond motifs is 3. The van der Waals surface area contributed by atoms with Crippen molar-refractivity contribution >= 4 is 11.7 Å². The van der Waals surface area contributed by atoms with Crippen LogP contribution >= 0.6 is 0 Å². The van der Waals surface area contributed by atoms with E-state index in [1.54, 1.807) is 47.2 Å². The molecule has 1 aliphatic heterocycles. The molecule has 0 spiro atoms. The molecular formula is C24H20N4O3. The number of aromatic nitrogens is 3. The highest BCUT2D eigenvalue weighted by Crippen LogP contribution is 2.33. The van der Waals surface area contributed by atoms with E-state index in [9.17, 15) is 9.59 Å². The third kappa shape index (κ3) is 3.20. The van der Waals surface area contributed by atoms with Gasteiger partial charge in [0.2, 0.25) is 0 Å². The van der Waals surface area contributed by atoms with Crippen molar-refractivity contribution in [3.05, 3.63) is 94.4 Å². The highest BCUT2D eigenvalue weighted by molar-refractivity contribution is 6.07. The van der Waals surface area contributed by atoms with Gasteiger partial charge in [-0.3, -0.25) is 19.6 Å². The first-order chi connectivity index (χ1) is 15.2. The van der Waals surface area contributed by atoms with Gasteiger partial charge in [-0.05, 0) is 55.0 Å². The molecule has 0 atom stereocenters. The average molecular weight is 412 g/mol. The van der Waals surface area contributed by atoms with Gasteiger partial charge in [-0.15, -0.1) is 0 Å². The minimum absolute atomic E-state index is 0.116. The predicted molar refractivity (Wildman–Crippen MR) is 118 cm³/mol. The maximum Gasteiger partial charge on any atom is 0.275 e. The second-order valence-electron chi connectivity index (χ2n) is 7.25. The molecule has 0 saturated carbocycles. The van der Waals surface area contributed by atoms with E-state index >= 15 is 0 Å². The molecule has 1 amide bonds. The number of pyridine rings is 1. The number of anilines is 1. The third-order valence-corrected chi connectivity index (χ3v) is 5.48. The van der Waals surface area contributed by atoms with Gasteiger partial charge in [0.15, 0.2) is 0 Å². The normalized spacial score (nSPS) is 12.6. The van der Waals surface area contributed by atoms with Crippen molar-refractivity contribution < 1.29 is 9.53 Å². The lowest BCUT2D eigenvalue weighted by Crippen LogP contribution is -2.34. The molecule has 0 bridgehead atoms. The van der Waals surface area contributed by atoms with Gasteiger partial charge in [-0.1, -0.05) is 18.2 Å². The van der Waals surface area contributed by atoms with Crippen LogP contribution in [-0.2, 0) is 6.42 Å². The lowest BCUT2D eigenvalue weighted by molar-refractivity contribution is 0.0986. The van der Waals surface area contributed by atoms with Crippen LogP contribution in [0.4, 0.5) is 5.82 Å². The molecule has 2 aromatic carbocycles. The van der Waals surface area contributed by atoms with Crippen LogP contribution in [0.15, 0.2) is 77.7 Å². The van der Waals surface area contributed by atoms with E-state index in [0.717, 1.165) is 11.3 Å². The van der Waals surface area contributed by atoms with Crippen molar-refractivity contribution in [3.63, 3.8) is 0 Å². The number of H-pyrrole nitrogens is 1. The maximum absolute atomic E-state index is 13.3. The van der Waals surface area contributed by atoms with Crippen LogP contribution in [0, 0.1) is 0 Å². The summed E-state index contributed by atoms with van der Waals surface area (Å²) in [5, 5.41) is 3.24. The molecule has 31 heavy (non-hydrogen) atoms. The number of nitrogens with zero attached hydrogens (tertiary/aromatic N) is 3. The number of carbonyl (C=O) groups excluding carboxylic acids is 1. The second-order valence-corrected chi connectivity index (χ2v) is 7.25. The first kappa shape index (κ1) is 18.9. The number of nitrogens with one attached hydrogen (secondary N) is 1. The number of hydrogen-bond donors (Lipinski definition) is 1. The van der Waals surface area contributed by atoms with E-state index in [-0.39, 0.29) is 11.5 Å². The zero-order chi connectivity index (χ0) is 21.4. The van der Waals surface area contributed by atoms with Crippen molar-refractivity contribution in [2.24, 2.45) is 0 Å². The van der Waals surface area contributed by atoms with Gasteiger partial charge in [0.05, 0.1) is 18.5 Å². The van der Waals surface area contributed by atoms with Gasteiger partial charge in [0, 0.05) is 29.4 Å². The molecule has 0 aliphatic carbocycles. The number of benzene rings is 2. The Kier molecular flexibility index (Phi) is 4.63. The highest BCUT2D eigenvalue weighted by atomic mass is 16.5. The summed E-state index contributed by atoms with van der Waals surface area (Å²) in [5.41, 5.74) is 3.24. The Morgan fingerprint density at radius 2 is 1.81 bits per heavy atom. The molecule has 4 aromatic rings. The topological polar surface area (TPSA) is 80.2 Å². The Morgan fingerprint density at radius 3 is 2.55 bits per heavy atom. The molecule has 0 radical (unpaired) electrons. The lowest BCUT2D eigenvalue weighted by atomic mass is 10.1. The Hall–Kier alpha value is -4.13. The average Bonchev–Trinajstić information content (AvgIpc) is 3.06. The van der Waals surface area contributed by atoms with Crippen molar-refractivity contribution in [1.82, 2.24) is 14.8 Å². The summed E-state index contributed by atoms with van der Waals surface area (Å²) in [6, 6.07) is 20.1. The maximum atomic E-state index is 13.3. The van der Waals surface area contributed by atoms with E-state index in [0.29, 0.717) is 41.4 Å². The van der Waals surface area contributed by atoms with Crippen LogP contribution in [0.5, 0.6) is 5.75 Å². The summed E-state index contributed by atoms with van der Waals surface area (Å²) in [6.07, 6.45) is 2.08. The fraction of sp³-hybridized carbons (Fsp3) is 0.125. The summed E-state index contributed by atoms with van der Waals surface area (Å²) in [5.74, 6) is 1.04. The van der Waals surface area contributed by atoms with E-state index in [2.05, 4.69) is 10.1 Å². The fourth-order valence-electron chi connectivity index (χ4n) is 3.91. The minimum atomic E-state index is -0.170. The quantitative estimate of drug-likeness (QED) is 0.559. The van der Waals surface area contributed by atoms with Crippen molar-refractivity contribution in [1.29, 1.82) is 0 Å². The highest BCUT2D eigenvalue weighted by Gasteiger charge is 2.29. The molecule has 0 saturated heterocycles. The molecule has 154 valence electrons. The van der Waals surface area contributed by atoms with Crippen LogP contribution in [0.25, 0.3) is 16.9 Å². The Balaban J connectivity index is 1.60. The standard InChI is InChI=1S/C24H20N4O3/c1-31-18-11-9-16(10-12-18)23(29)27-15-13-20-21(19-8-5-14-25-22(19)27)26-28(24(20)30)17-6-3-2-4-7-17/h2-12,14,26H,13,15H2,1H3. The van der Waals surface area contributed by atoms with Gasteiger partial charge in [0.25, 0.3) is 11.5 Å². The Bertz CT molecular complexity index is 1310. The first-order valence-electron chi connectivity index (χ1n) is 9.98. The van der Waals surface area contributed by atoms with Crippen LogP contribution in [0.2, 0.25) is 0 Å². The molecule has 3 heterocycles.